The Balaban J connectivity index is 2.58. The van der Waals surface area contributed by atoms with E-state index in [-0.39, 0.29) is 17.9 Å². The lowest BCUT2D eigenvalue weighted by Gasteiger charge is -2.25. The third-order valence-corrected chi connectivity index (χ3v) is 3.84. The second kappa shape index (κ2) is 9.05. The largest absolute Gasteiger partial charge is 0.369 e. The standard InChI is InChI=1S/C18H26N3O3/c1-5-21(12(2)3)18(24)15-8-6-14(7-9-15)10-11-20-17(23)13(4)16(19)22/h6-9,12H,5,10-11H2,1-4H3,(H2,19,22)(H,20,23). The molecule has 1 rings (SSSR count). The van der Waals surface area contributed by atoms with Crippen molar-refractivity contribution in [2.75, 3.05) is 13.1 Å². The molecule has 3 N–H and O–H groups in total. The van der Waals surface area contributed by atoms with E-state index in [9.17, 15) is 14.4 Å². The Morgan fingerprint density at radius 3 is 2.21 bits per heavy atom. The molecule has 0 unspecified atom stereocenters. The molecule has 0 bridgehead atoms. The van der Waals surface area contributed by atoms with Crippen LogP contribution in [0.25, 0.3) is 0 Å². The zero-order valence-corrected chi connectivity index (χ0v) is 14.8. The van der Waals surface area contributed by atoms with Crippen LogP contribution in [0.1, 0.15) is 43.6 Å². The Labute approximate surface area is 143 Å². The predicted octanol–water partition coefficient (Wildman–Crippen LogP) is 1.30. The molecule has 0 saturated heterocycles. The van der Waals surface area contributed by atoms with Gasteiger partial charge in [0.2, 0.25) is 11.8 Å². The fraction of sp³-hybridized carbons (Fsp3) is 0.444. The number of carbonyl (C=O) groups is 3. The van der Waals surface area contributed by atoms with Gasteiger partial charge in [0.05, 0.1) is 0 Å². The summed E-state index contributed by atoms with van der Waals surface area (Å²) in [6, 6.07) is 7.50. The molecule has 6 heteroatoms. The van der Waals surface area contributed by atoms with Crippen molar-refractivity contribution in [1.29, 1.82) is 0 Å². The lowest BCUT2D eigenvalue weighted by atomic mass is 10.1. The van der Waals surface area contributed by atoms with Gasteiger partial charge in [-0.15, -0.1) is 0 Å². The van der Waals surface area contributed by atoms with Crippen LogP contribution in [0.2, 0.25) is 0 Å². The third kappa shape index (κ3) is 5.37. The summed E-state index contributed by atoms with van der Waals surface area (Å²) < 4.78 is 0. The van der Waals surface area contributed by atoms with Crippen LogP contribution in [-0.2, 0) is 16.0 Å². The summed E-state index contributed by atoms with van der Waals surface area (Å²) in [5, 5.41) is 2.64. The van der Waals surface area contributed by atoms with Crippen molar-refractivity contribution in [2.45, 2.75) is 40.2 Å². The summed E-state index contributed by atoms with van der Waals surface area (Å²) in [5.41, 5.74) is 6.69. The number of hydrogen-bond donors (Lipinski definition) is 2. The molecule has 0 saturated carbocycles. The van der Waals surface area contributed by atoms with Crippen LogP contribution in [0, 0.1) is 5.92 Å². The van der Waals surface area contributed by atoms with Gasteiger partial charge >= 0.3 is 0 Å². The van der Waals surface area contributed by atoms with Crippen LogP contribution in [0.3, 0.4) is 0 Å². The van der Waals surface area contributed by atoms with Gasteiger partial charge in [-0.2, -0.15) is 0 Å². The molecule has 0 fully saturated rings. The number of primary amides is 1. The molecule has 1 radical (unpaired) electrons. The molecule has 1 aromatic rings. The molecule has 0 aromatic heterocycles. The number of rotatable bonds is 8. The maximum Gasteiger partial charge on any atom is 0.254 e. The van der Waals surface area contributed by atoms with Crippen molar-refractivity contribution >= 4 is 17.7 Å². The maximum atomic E-state index is 12.4. The number of hydrogen-bond acceptors (Lipinski definition) is 3. The Hall–Kier alpha value is -2.37. The van der Waals surface area contributed by atoms with Crippen molar-refractivity contribution in [3.63, 3.8) is 0 Å². The first-order valence-corrected chi connectivity index (χ1v) is 8.09. The highest BCUT2D eigenvalue weighted by molar-refractivity contribution is 6.13. The van der Waals surface area contributed by atoms with E-state index < -0.39 is 11.8 Å². The summed E-state index contributed by atoms with van der Waals surface area (Å²) in [6.45, 7) is 8.39. The highest BCUT2D eigenvalue weighted by atomic mass is 16.2. The van der Waals surface area contributed by atoms with Gasteiger partial charge in [-0.05, 0) is 51.8 Å². The third-order valence-electron chi connectivity index (χ3n) is 3.84. The second-order valence-corrected chi connectivity index (χ2v) is 5.88. The van der Waals surface area contributed by atoms with Crippen LogP contribution < -0.4 is 11.1 Å². The first kappa shape index (κ1) is 19.7. The molecule has 0 aliphatic rings. The zero-order chi connectivity index (χ0) is 18.3. The molecular weight excluding hydrogens is 306 g/mol. The van der Waals surface area contributed by atoms with E-state index in [0.717, 1.165) is 5.56 Å². The first-order chi connectivity index (χ1) is 11.3. The van der Waals surface area contributed by atoms with Gasteiger partial charge in [0.15, 0.2) is 0 Å². The van der Waals surface area contributed by atoms with Gasteiger partial charge in [0.25, 0.3) is 5.91 Å². The smallest absolute Gasteiger partial charge is 0.254 e. The van der Waals surface area contributed by atoms with Gasteiger partial charge in [0, 0.05) is 24.7 Å². The molecule has 0 atom stereocenters. The van der Waals surface area contributed by atoms with Crippen LogP contribution in [0.15, 0.2) is 24.3 Å². The Morgan fingerprint density at radius 2 is 1.75 bits per heavy atom. The lowest BCUT2D eigenvalue weighted by molar-refractivity contribution is -0.124. The summed E-state index contributed by atoms with van der Waals surface area (Å²) in [7, 11) is 0. The van der Waals surface area contributed by atoms with Crippen molar-refractivity contribution in [1.82, 2.24) is 10.2 Å². The van der Waals surface area contributed by atoms with E-state index in [1.807, 2.05) is 32.9 Å². The summed E-state index contributed by atoms with van der Waals surface area (Å²) >= 11 is 0. The number of benzene rings is 1. The quantitative estimate of drug-likeness (QED) is 0.703. The average Bonchev–Trinajstić information content (AvgIpc) is 2.54. The molecule has 1 aromatic carbocycles. The Kier molecular flexibility index (Phi) is 7.42. The zero-order valence-electron chi connectivity index (χ0n) is 14.8. The number of nitrogens with two attached hydrogens (primary N) is 1. The summed E-state index contributed by atoms with van der Waals surface area (Å²) in [5.74, 6) is -1.17. The molecule has 24 heavy (non-hydrogen) atoms. The van der Waals surface area contributed by atoms with E-state index >= 15 is 0 Å². The van der Waals surface area contributed by atoms with E-state index in [1.165, 1.54) is 6.92 Å². The van der Waals surface area contributed by atoms with E-state index in [0.29, 0.717) is 25.1 Å². The van der Waals surface area contributed by atoms with Gasteiger partial charge in [-0.25, -0.2) is 0 Å². The minimum absolute atomic E-state index is 0.00992. The fourth-order valence-corrected chi connectivity index (χ4v) is 2.29. The predicted molar refractivity (Wildman–Crippen MR) is 93.1 cm³/mol. The monoisotopic (exact) mass is 332 g/mol. The Morgan fingerprint density at radius 1 is 1.17 bits per heavy atom. The minimum atomic E-state index is -0.721. The molecule has 0 aliphatic heterocycles. The number of amides is 3. The number of nitrogens with zero attached hydrogens (tertiary/aromatic N) is 1. The van der Waals surface area contributed by atoms with Crippen molar-refractivity contribution < 1.29 is 14.4 Å². The fourth-order valence-electron chi connectivity index (χ4n) is 2.29. The maximum absolute atomic E-state index is 12.4. The molecule has 0 spiro atoms. The molecule has 0 aliphatic carbocycles. The second-order valence-electron chi connectivity index (χ2n) is 5.88. The van der Waals surface area contributed by atoms with Crippen LogP contribution in [0.5, 0.6) is 0 Å². The average molecular weight is 332 g/mol. The highest BCUT2D eigenvalue weighted by Gasteiger charge is 2.19. The van der Waals surface area contributed by atoms with E-state index in [4.69, 9.17) is 5.73 Å². The van der Waals surface area contributed by atoms with Crippen molar-refractivity contribution in [3.8, 4) is 0 Å². The summed E-state index contributed by atoms with van der Waals surface area (Å²) in [6.07, 6.45) is 0.605. The SMILES string of the molecule is CCN(C(=O)c1ccc(CCNC(=O)[C](C)C(N)=O)cc1)C(C)C. The van der Waals surface area contributed by atoms with Gasteiger partial charge in [0.1, 0.15) is 5.92 Å². The summed E-state index contributed by atoms with van der Waals surface area (Å²) in [4.78, 5) is 36.7. The van der Waals surface area contributed by atoms with E-state index in [1.54, 1.807) is 17.0 Å². The van der Waals surface area contributed by atoms with Crippen LogP contribution >= 0.6 is 0 Å². The van der Waals surface area contributed by atoms with Crippen LogP contribution in [0.4, 0.5) is 0 Å². The van der Waals surface area contributed by atoms with Gasteiger partial charge in [-0.3, -0.25) is 14.4 Å². The first-order valence-electron chi connectivity index (χ1n) is 8.09. The van der Waals surface area contributed by atoms with E-state index in [2.05, 4.69) is 5.32 Å². The normalized spacial score (nSPS) is 10.8. The molecule has 3 amide bonds. The van der Waals surface area contributed by atoms with Gasteiger partial charge < -0.3 is 16.0 Å². The molecule has 6 nitrogen and oxygen atoms in total. The highest BCUT2D eigenvalue weighted by Crippen LogP contribution is 2.10. The topological polar surface area (TPSA) is 92.5 Å². The Bertz CT molecular complexity index is 582. The van der Waals surface area contributed by atoms with Crippen molar-refractivity contribution in [3.05, 3.63) is 41.3 Å². The molecular formula is C18H26N3O3. The van der Waals surface area contributed by atoms with Crippen molar-refractivity contribution in [2.24, 2.45) is 5.73 Å². The minimum Gasteiger partial charge on any atom is -0.369 e. The van der Waals surface area contributed by atoms with Crippen LogP contribution in [-0.4, -0.2) is 41.8 Å². The lowest BCUT2D eigenvalue weighted by Crippen LogP contribution is -2.36. The molecule has 0 heterocycles. The van der Waals surface area contributed by atoms with Gasteiger partial charge in [-0.1, -0.05) is 12.1 Å². The molecule has 131 valence electrons. The number of carbonyl (C=O) groups excluding carboxylic acids is 3. The number of nitrogens with one attached hydrogen (secondary N) is 1.